The largest absolute Gasteiger partial charge is 0.332 e. The van der Waals surface area contributed by atoms with Gasteiger partial charge >= 0.3 is 0 Å². The molecule has 0 bridgehead atoms. The van der Waals surface area contributed by atoms with Crippen molar-refractivity contribution in [2.24, 2.45) is 5.92 Å². The summed E-state index contributed by atoms with van der Waals surface area (Å²) in [5.41, 5.74) is 4.18. The SMILES string of the molecule is CCc1cccc(C)c1NC(=O)C[NH2+][C@H](c1ccc(F)cc1)C(C)C. The average molecular weight is 343 g/mol. The van der Waals surface area contributed by atoms with Crippen molar-refractivity contribution in [2.45, 2.75) is 40.2 Å². The predicted molar refractivity (Wildman–Crippen MR) is 100.0 cm³/mol. The first-order chi connectivity index (χ1) is 11.9. The van der Waals surface area contributed by atoms with Gasteiger partial charge in [-0.1, -0.05) is 51.1 Å². The highest BCUT2D eigenvalue weighted by molar-refractivity contribution is 5.93. The van der Waals surface area contributed by atoms with E-state index in [-0.39, 0.29) is 17.8 Å². The van der Waals surface area contributed by atoms with Gasteiger partial charge in [0.25, 0.3) is 5.91 Å². The zero-order chi connectivity index (χ0) is 18.4. The zero-order valence-corrected chi connectivity index (χ0v) is 15.5. The Hall–Kier alpha value is -2.20. The fourth-order valence-electron chi connectivity index (χ4n) is 3.10. The summed E-state index contributed by atoms with van der Waals surface area (Å²) in [6.07, 6.45) is 0.880. The normalized spacial score (nSPS) is 12.2. The second-order valence-electron chi connectivity index (χ2n) is 6.77. The van der Waals surface area contributed by atoms with E-state index in [0.717, 1.165) is 28.8 Å². The topological polar surface area (TPSA) is 45.7 Å². The van der Waals surface area contributed by atoms with E-state index >= 15 is 0 Å². The summed E-state index contributed by atoms with van der Waals surface area (Å²) in [6.45, 7) is 8.64. The van der Waals surface area contributed by atoms with Crippen molar-refractivity contribution in [3.63, 3.8) is 0 Å². The minimum Gasteiger partial charge on any atom is -0.332 e. The van der Waals surface area contributed by atoms with E-state index in [2.05, 4.69) is 26.1 Å². The molecule has 3 nitrogen and oxygen atoms in total. The summed E-state index contributed by atoms with van der Waals surface area (Å²) in [4.78, 5) is 12.4. The quantitative estimate of drug-likeness (QED) is 0.793. The van der Waals surface area contributed by atoms with Crippen LogP contribution >= 0.6 is 0 Å². The van der Waals surface area contributed by atoms with Crippen molar-refractivity contribution in [2.75, 3.05) is 11.9 Å². The fourth-order valence-corrected chi connectivity index (χ4v) is 3.10. The van der Waals surface area contributed by atoms with Crippen LogP contribution in [0.2, 0.25) is 0 Å². The van der Waals surface area contributed by atoms with E-state index in [1.54, 1.807) is 12.1 Å². The zero-order valence-electron chi connectivity index (χ0n) is 15.5. The number of hydrogen-bond acceptors (Lipinski definition) is 1. The number of amides is 1. The van der Waals surface area contributed by atoms with Gasteiger partial charge in [0.05, 0.1) is 0 Å². The first kappa shape index (κ1) is 19.1. The second kappa shape index (κ2) is 8.77. The van der Waals surface area contributed by atoms with E-state index in [4.69, 9.17) is 0 Å². The molecule has 25 heavy (non-hydrogen) atoms. The summed E-state index contributed by atoms with van der Waals surface area (Å²) in [7, 11) is 0. The van der Waals surface area contributed by atoms with Gasteiger partial charge < -0.3 is 10.6 Å². The Labute approximate surface area is 149 Å². The molecule has 0 saturated heterocycles. The molecule has 0 aliphatic heterocycles. The molecule has 0 saturated carbocycles. The molecule has 1 amide bonds. The number of nitrogens with one attached hydrogen (secondary N) is 1. The molecule has 4 heteroatoms. The molecule has 0 fully saturated rings. The highest BCUT2D eigenvalue weighted by atomic mass is 19.1. The highest BCUT2D eigenvalue weighted by Gasteiger charge is 2.21. The number of anilines is 1. The van der Waals surface area contributed by atoms with Gasteiger partial charge in [0.1, 0.15) is 11.9 Å². The number of aryl methyl sites for hydroxylation is 2. The third kappa shape index (κ3) is 5.13. The first-order valence-corrected chi connectivity index (χ1v) is 8.89. The lowest BCUT2D eigenvalue weighted by molar-refractivity contribution is -0.692. The number of halogens is 1. The Balaban J connectivity index is 2.03. The molecule has 0 aromatic heterocycles. The maximum absolute atomic E-state index is 13.1. The highest BCUT2D eigenvalue weighted by Crippen LogP contribution is 2.21. The van der Waals surface area contributed by atoms with Crippen LogP contribution in [0.25, 0.3) is 0 Å². The molecule has 2 aromatic carbocycles. The number of nitrogens with two attached hydrogens (primary N) is 1. The van der Waals surface area contributed by atoms with Crippen molar-refractivity contribution in [1.29, 1.82) is 0 Å². The lowest BCUT2D eigenvalue weighted by Gasteiger charge is -2.20. The van der Waals surface area contributed by atoms with Crippen molar-refractivity contribution in [3.8, 4) is 0 Å². The smallest absolute Gasteiger partial charge is 0.279 e. The minimum absolute atomic E-state index is 0.0169. The fraction of sp³-hybridized carbons (Fsp3) is 0.381. The van der Waals surface area contributed by atoms with Crippen LogP contribution in [0.3, 0.4) is 0 Å². The second-order valence-corrected chi connectivity index (χ2v) is 6.77. The third-order valence-corrected chi connectivity index (χ3v) is 4.53. The molecule has 134 valence electrons. The number of quaternary nitrogens is 1. The van der Waals surface area contributed by atoms with Crippen molar-refractivity contribution in [3.05, 3.63) is 65.0 Å². The van der Waals surface area contributed by atoms with Crippen LogP contribution in [-0.4, -0.2) is 12.5 Å². The van der Waals surface area contributed by atoms with Crippen LogP contribution in [0.15, 0.2) is 42.5 Å². The van der Waals surface area contributed by atoms with Crippen LogP contribution < -0.4 is 10.6 Å². The Kier molecular flexibility index (Phi) is 6.71. The van der Waals surface area contributed by atoms with Crippen LogP contribution in [0.4, 0.5) is 10.1 Å². The van der Waals surface area contributed by atoms with Crippen LogP contribution in [0.5, 0.6) is 0 Å². The number of rotatable bonds is 7. The van der Waals surface area contributed by atoms with Crippen LogP contribution in [0, 0.1) is 18.7 Å². The third-order valence-electron chi connectivity index (χ3n) is 4.53. The van der Waals surface area contributed by atoms with Crippen LogP contribution in [-0.2, 0) is 11.2 Å². The monoisotopic (exact) mass is 343 g/mol. The minimum atomic E-state index is -0.240. The van der Waals surface area contributed by atoms with Crippen molar-refractivity contribution in [1.82, 2.24) is 0 Å². The summed E-state index contributed by atoms with van der Waals surface area (Å²) in [5.74, 6) is 0.0790. The Morgan fingerprint density at radius 2 is 1.84 bits per heavy atom. The van der Waals surface area contributed by atoms with Crippen molar-refractivity contribution >= 4 is 11.6 Å². The summed E-state index contributed by atoms with van der Waals surface area (Å²) < 4.78 is 13.1. The summed E-state index contributed by atoms with van der Waals surface area (Å²) in [6, 6.07) is 12.7. The molecule has 0 spiro atoms. The Bertz CT molecular complexity index is 710. The van der Waals surface area contributed by atoms with Gasteiger partial charge in [-0.15, -0.1) is 0 Å². The molecule has 1 atom stereocenters. The molecule has 3 N–H and O–H groups in total. The predicted octanol–water partition coefficient (Wildman–Crippen LogP) is 3.60. The van der Waals surface area contributed by atoms with E-state index < -0.39 is 0 Å². The molecule has 0 unspecified atom stereocenters. The van der Waals surface area contributed by atoms with Gasteiger partial charge in [-0.25, -0.2) is 4.39 Å². The van der Waals surface area contributed by atoms with E-state index in [0.29, 0.717) is 12.5 Å². The molecule has 0 aliphatic carbocycles. The molecular weight excluding hydrogens is 315 g/mol. The maximum Gasteiger partial charge on any atom is 0.279 e. The average Bonchev–Trinajstić information content (AvgIpc) is 2.58. The molecule has 2 aromatic rings. The summed E-state index contributed by atoms with van der Waals surface area (Å²) >= 11 is 0. The van der Waals surface area contributed by atoms with E-state index in [9.17, 15) is 9.18 Å². The summed E-state index contributed by atoms with van der Waals surface area (Å²) in [5, 5.41) is 5.08. The number of carbonyl (C=O) groups excluding carboxylic acids is 1. The Morgan fingerprint density at radius 1 is 1.16 bits per heavy atom. The molecule has 0 aliphatic rings. The maximum atomic E-state index is 13.1. The number of para-hydroxylation sites is 1. The van der Waals surface area contributed by atoms with E-state index in [1.807, 2.05) is 30.4 Å². The van der Waals surface area contributed by atoms with Gasteiger partial charge in [-0.05, 0) is 36.6 Å². The molecule has 2 rings (SSSR count). The molecular formula is C21H28FN2O+. The van der Waals surface area contributed by atoms with Gasteiger partial charge in [0.15, 0.2) is 6.54 Å². The van der Waals surface area contributed by atoms with Crippen molar-refractivity contribution < 1.29 is 14.5 Å². The standard InChI is InChI=1S/C21H27FN2O/c1-5-16-8-6-7-15(4)21(16)24-19(25)13-23-20(14(2)3)17-9-11-18(22)12-10-17/h6-12,14,20,23H,5,13H2,1-4H3,(H,24,25)/p+1/t20-/m0/s1. The lowest BCUT2D eigenvalue weighted by Crippen LogP contribution is -2.88. The number of benzene rings is 2. The van der Waals surface area contributed by atoms with Gasteiger partial charge in [0, 0.05) is 17.2 Å². The first-order valence-electron chi connectivity index (χ1n) is 8.89. The van der Waals surface area contributed by atoms with Gasteiger partial charge in [0.2, 0.25) is 0 Å². The molecule has 0 radical (unpaired) electrons. The number of carbonyl (C=O) groups is 1. The Morgan fingerprint density at radius 3 is 2.44 bits per heavy atom. The van der Waals surface area contributed by atoms with Gasteiger partial charge in [-0.3, -0.25) is 4.79 Å². The van der Waals surface area contributed by atoms with Crippen LogP contribution in [0.1, 0.15) is 43.5 Å². The van der Waals surface area contributed by atoms with Gasteiger partial charge in [-0.2, -0.15) is 0 Å². The lowest BCUT2D eigenvalue weighted by atomic mass is 9.96. The van der Waals surface area contributed by atoms with E-state index in [1.165, 1.54) is 12.1 Å². The molecule has 0 heterocycles. The number of hydrogen-bond donors (Lipinski definition) is 2.